The number of likely N-dealkylation sites (tertiary alicyclic amines) is 1. The van der Waals surface area contributed by atoms with E-state index in [0.717, 1.165) is 36.4 Å². The number of amides is 1. The number of hydrogen-bond donors (Lipinski definition) is 0. The predicted octanol–water partition coefficient (Wildman–Crippen LogP) is 3.52. The summed E-state index contributed by atoms with van der Waals surface area (Å²) in [5, 5.41) is 4.11. The highest BCUT2D eigenvalue weighted by molar-refractivity contribution is 5.99. The molecule has 2 aromatic rings. The van der Waals surface area contributed by atoms with E-state index in [1.165, 1.54) is 0 Å². The third kappa shape index (κ3) is 2.96. The lowest BCUT2D eigenvalue weighted by Gasteiger charge is -2.26. The topological polar surface area (TPSA) is 64.8 Å². The van der Waals surface area contributed by atoms with E-state index in [9.17, 15) is 4.79 Å². The van der Waals surface area contributed by atoms with Crippen molar-refractivity contribution in [3.05, 3.63) is 46.9 Å². The van der Waals surface area contributed by atoms with Gasteiger partial charge in [-0.15, -0.1) is 0 Å². The van der Waals surface area contributed by atoms with Crippen LogP contribution in [0.1, 0.15) is 42.8 Å². The molecule has 0 saturated carbocycles. The maximum Gasteiger partial charge on any atom is 0.253 e. The molecule has 0 radical (unpaired) electrons. The number of aromatic nitrogens is 1. The third-order valence-corrected chi connectivity index (χ3v) is 4.79. The van der Waals surface area contributed by atoms with Gasteiger partial charge in [-0.2, -0.15) is 0 Å². The normalized spacial score (nSPS) is 18.9. The Balaban J connectivity index is 1.59. The van der Waals surface area contributed by atoms with Gasteiger partial charge in [0.15, 0.2) is 11.5 Å². The van der Waals surface area contributed by atoms with Crippen LogP contribution in [0.4, 0.5) is 0 Å². The zero-order valence-electron chi connectivity index (χ0n) is 15.0. The van der Waals surface area contributed by atoms with Gasteiger partial charge in [0.25, 0.3) is 5.91 Å². The largest absolute Gasteiger partial charge is 0.490 e. The molecular formula is C20H22N2O4. The van der Waals surface area contributed by atoms with Crippen molar-refractivity contribution >= 4 is 12.0 Å². The predicted molar refractivity (Wildman–Crippen MR) is 96.0 cm³/mol. The lowest BCUT2D eigenvalue weighted by molar-refractivity contribution is -0.128. The summed E-state index contributed by atoms with van der Waals surface area (Å²) >= 11 is 0. The van der Waals surface area contributed by atoms with E-state index in [1.807, 2.05) is 49.1 Å². The number of ether oxygens (including phenoxy) is 2. The zero-order chi connectivity index (χ0) is 18.1. The fourth-order valence-corrected chi connectivity index (χ4v) is 3.62. The smallest absolute Gasteiger partial charge is 0.253 e. The molecule has 0 bridgehead atoms. The summed E-state index contributed by atoms with van der Waals surface area (Å²) < 4.78 is 16.7. The van der Waals surface area contributed by atoms with E-state index >= 15 is 0 Å². The van der Waals surface area contributed by atoms with Gasteiger partial charge >= 0.3 is 0 Å². The Morgan fingerprint density at radius 2 is 2.31 bits per heavy atom. The molecule has 2 aliphatic rings. The number of carbonyl (C=O) groups is 1. The number of rotatable bonds is 4. The van der Waals surface area contributed by atoms with Gasteiger partial charge in [-0.3, -0.25) is 4.79 Å². The van der Waals surface area contributed by atoms with Crippen molar-refractivity contribution < 1.29 is 18.8 Å². The minimum atomic E-state index is -0.0306. The molecule has 2 aliphatic heterocycles. The van der Waals surface area contributed by atoms with E-state index in [1.54, 1.807) is 0 Å². The number of para-hydroxylation sites is 1. The first-order valence-corrected chi connectivity index (χ1v) is 9.00. The van der Waals surface area contributed by atoms with E-state index in [0.29, 0.717) is 23.7 Å². The van der Waals surface area contributed by atoms with E-state index in [4.69, 9.17) is 14.0 Å². The lowest BCUT2D eigenvalue weighted by atomic mass is 10.0. The van der Waals surface area contributed by atoms with Crippen LogP contribution in [0.2, 0.25) is 0 Å². The number of carbonyl (C=O) groups excluding carboxylic acids is 1. The van der Waals surface area contributed by atoms with E-state index < -0.39 is 0 Å². The first-order valence-electron chi connectivity index (χ1n) is 9.00. The van der Waals surface area contributed by atoms with Crippen LogP contribution < -0.4 is 9.47 Å². The summed E-state index contributed by atoms with van der Waals surface area (Å²) in [7, 11) is 0. The van der Waals surface area contributed by atoms with Gasteiger partial charge in [0.05, 0.1) is 18.2 Å². The highest BCUT2D eigenvalue weighted by Crippen LogP contribution is 2.38. The average molecular weight is 354 g/mol. The molecule has 0 spiro atoms. The molecule has 26 heavy (non-hydrogen) atoms. The Hall–Kier alpha value is -2.76. The van der Waals surface area contributed by atoms with Crippen LogP contribution in [0.25, 0.3) is 6.08 Å². The fraction of sp³-hybridized carbons (Fsp3) is 0.400. The number of nitrogens with zero attached hydrogens (tertiary/aromatic N) is 2. The summed E-state index contributed by atoms with van der Waals surface area (Å²) in [6, 6.07) is 7.61. The molecule has 3 heterocycles. The molecular weight excluding hydrogens is 332 g/mol. The first kappa shape index (κ1) is 16.7. The van der Waals surface area contributed by atoms with Crippen LogP contribution in [-0.4, -0.2) is 35.7 Å². The molecule has 1 saturated heterocycles. The van der Waals surface area contributed by atoms with Crippen molar-refractivity contribution in [1.29, 1.82) is 0 Å². The highest BCUT2D eigenvalue weighted by Gasteiger charge is 2.34. The van der Waals surface area contributed by atoms with Gasteiger partial charge in [-0.05, 0) is 38.8 Å². The lowest BCUT2D eigenvalue weighted by Crippen LogP contribution is -2.34. The molecule has 0 unspecified atom stereocenters. The molecule has 6 nitrogen and oxygen atoms in total. The quantitative estimate of drug-likeness (QED) is 0.840. The van der Waals surface area contributed by atoms with Crippen molar-refractivity contribution in [3.63, 3.8) is 0 Å². The maximum atomic E-state index is 13.1. The molecule has 4 rings (SSSR count). The molecule has 136 valence electrons. The van der Waals surface area contributed by atoms with Gasteiger partial charge < -0.3 is 18.9 Å². The van der Waals surface area contributed by atoms with Crippen molar-refractivity contribution in [2.24, 2.45) is 0 Å². The van der Waals surface area contributed by atoms with Gasteiger partial charge in [-0.25, -0.2) is 0 Å². The SMILES string of the molecule is CCOc1cccc2c1OCC(C(=O)N1CCC[C@@H]1c1cc(C)on1)=C2. The molecule has 1 aromatic carbocycles. The molecule has 6 heteroatoms. The summed E-state index contributed by atoms with van der Waals surface area (Å²) in [5.41, 5.74) is 2.35. The van der Waals surface area contributed by atoms with Gasteiger partial charge in [0.1, 0.15) is 18.1 Å². The van der Waals surface area contributed by atoms with Gasteiger partial charge in [0, 0.05) is 18.2 Å². The Bertz CT molecular complexity index is 855. The second kappa shape index (κ2) is 6.86. The number of hydrogen-bond acceptors (Lipinski definition) is 5. The number of aryl methyl sites for hydroxylation is 1. The van der Waals surface area contributed by atoms with E-state index in [-0.39, 0.29) is 18.6 Å². The number of benzene rings is 1. The summed E-state index contributed by atoms with van der Waals surface area (Å²) in [6.45, 7) is 5.34. The highest BCUT2D eigenvalue weighted by atomic mass is 16.5. The minimum absolute atomic E-state index is 0.000570. The molecule has 1 fully saturated rings. The Morgan fingerprint density at radius 3 is 3.08 bits per heavy atom. The van der Waals surface area contributed by atoms with Crippen LogP contribution in [0, 0.1) is 6.92 Å². The summed E-state index contributed by atoms with van der Waals surface area (Å²) in [5.74, 6) is 2.18. The van der Waals surface area contributed by atoms with Crippen molar-refractivity contribution in [2.45, 2.75) is 32.7 Å². The summed E-state index contributed by atoms with van der Waals surface area (Å²) in [4.78, 5) is 15.0. The molecule has 1 aromatic heterocycles. The van der Waals surface area contributed by atoms with Gasteiger partial charge in [0.2, 0.25) is 0 Å². The Morgan fingerprint density at radius 1 is 1.42 bits per heavy atom. The van der Waals surface area contributed by atoms with Crippen LogP contribution in [-0.2, 0) is 4.79 Å². The maximum absolute atomic E-state index is 13.1. The van der Waals surface area contributed by atoms with Gasteiger partial charge in [-0.1, -0.05) is 17.3 Å². The van der Waals surface area contributed by atoms with Crippen LogP contribution in [0.15, 0.2) is 34.4 Å². The van der Waals surface area contributed by atoms with Crippen LogP contribution in [0.5, 0.6) is 11.5 Å². The fourth-order valence-electron chi connectivity index (χ4n) is 3.62. The van der Waals surface area contributed by atoms with Crippen LogP contribution >= 0.6 is 0 Å². The first-order chi connectivity index (χ1) is 12.7. The van der Waals surface area contributed by atoms with Crippen molar-refractivity contribution in [3.8, 4) is 11.5 Å². The molecule has 1 atom stereocenters. The standard InChI is InChI=1S/C20H22N2O4/c1-3-24-18-8-4-6-14-11-15(12-25-19(14)18)20(23)22-9-5-7-17(22)16-10-13(2)26-21-16/h4,6,8,10-11,17H,3,5,7,9,12H2,1-2H3/t17-/m1/s1. The zero-order valence-corrected chi connectivity index (χ0v) is 15.0. The van der Waals surface area contributed by atoms with Crippen LogP contribution in [0.3, 0.4) is 0 Å². The molecule has 0 aliphatic carbocycles. The monoisotopic (exact) mass is 354 g/mol. The Kier molecular flexibility index (Phi) is 4.41. The molecule has 0 N–H and O–H groups in total. The third-order valence-electron chi connectivity index (χ3n) is 4.79. The van der Waals surface area contributed by atoms with Crippen molar-refractivity contribution in [1.82, 2.24) is 10.1 Å². The average Bonchev–Trinajstić information content (AvgIpc) is 3.30. The minimum Gasteiger partial charge on any atom is -0.490 e. The van der Waals surface area contributed by atoms with Crippen molar-refractivity contribution in [2.75, 3.05) is 19.8 Å². The second-order valence-electron chi connectivity index (χ2n) is 6.58. The second-order valence-corrected chi connectivity index (χ2v) is 6.58. The molecule has 1 amide bonds. The summed E-state index contributed by atoms with van der Waals surface area (Å²) in [6.07, 6.45) is 3.77. The van der Waals surface area contributed by atoms with E-state index in [2.05, 4.69) is 5.16 Å². The number of fused-ring (bicyclic) bond motifs is 1. The Labute approximate surface area is 152 Å².